The highest BCUT2D eigenvalue weighted by molar-refractivity contribution is 6.07. The van der Waals surface area contributed by atoms with Crippen LogP contribution in [0.5, 0.6) is 0 Å². The van der Waals surface area contributed by atoms with Crippen LogP contribution >= 0.6 is 0 Å². The lowest BCUT2D eigenvalue weighted by atomic mass is 9.73. The second-order valence-corrected chi connectivity index (χ2v) is 9.01. The SMILES string of the molecule is CC1CCCCC12NC(=O)N(CN1CCN(C(=O)OC(C)(C)C)CC1)C2=O. The van der Waals surface area contributed by atoms with Gasteiger partial charge in [-0.15, -0.1) is 0 Å². The van der Waals surface area contributed by atoms with Crippen molar-refractivity contribution in [1.29, 1.82) is 0 Å². The minimum absolute atomic E-state index is 0.0886. The van der Waals surface area contributed by atoms with Crippen LogP contribution in [0.2, 0.25) is 0 Å². The van der Waals surface area contributed by atoms with Crippen LogP contribution < -0.4 is 5.32 Å². The van der Waals surface area contributed by atoms with Gasteiger partial charge in [-0.05, 0) is 39.5 Å². The minimum atomic E-state index is -0.715. The molecule has 0 aromatic carbocycles. The van der Waals surface area contributed by atoms with E-state index in [-0.39, 0.29) is 30.6 Å². The van der Waals surface area contributed by atoms with Crippen LogP contribution in [0.3, 0.4) is 0 Å². The first-order chi connectivity index (χ1) is 12.6. The summed E-state index contributed by atoms with van der Waals surface area (Å²) in [4.78, 5) is 42.8. The monoisotopic (exact) mass is 380 g/mol. The lowest BCUT2D eigenvalue weighted by Gasteiger charge is -2.38. The van der Waals surface area contributed by atoms with Crippen molar-refractivity contribution in [2.45, 2.75) is 64.5 Å². The lowest BCUT2D eigenvalue weighted by molar-refractivity contribution is -0.136. The zero-order valence-electron chi connectivity index (χ0n) is 16.9. The van der Waals surface area contributed by atoms with Crippen molar-refractivity contribution < 1.29 is 19.1 Å². The Labute approximate surface area is 161 Å². The van der Waals surface area contributed by atoms with Crippen LogP contribution in [0.25, 0.3) is 0 Å². The van der Waals surface area contributed by atoms with Crippen LogP contribution in [-0.2, 0) is 9.53 Å². The van der Waals surface area contributed by atoms with E-state index in [0.717, 1.165) is 25.7 Å². The molecule has 0 bridgehead atoms. The lowest BCUT2D eigenvalue weighted by Crippen LogP contribution is -2.55. The van der Waals surface area contributed by atoms with Crippen molar-refractivity contribution >= 4 is 18.0 Å². The summed E-state index contributed by atoms with van der Waals surface area (Å²) in [5, 5.41) is 2.99. The second kappa shape index (κ2) is 7.30. The van der Waals surface area contributed by atoms with Crippen molar-refractivity contribution in [3.63, 3.8) is 0 Å². The van der Waals surface area contributed by atoms with Crippen LogP contribution in [0.1, 0.15) is 53.4 Å². The van der Waals surface area contributed by atoms with Crippen molar-refractivity contribution in [2.75, 3.05) is 32.8 Å². The molecule has 27 heavy (non-hydrogen) atoms. The largest absolute Gasteiger partial charge is 0.444 e. The fourth-order valence-corrected chi connectivity index (χ4v) is 4.22. The molecule has 3 aliphatic rings. The summed E-state index contributed by atoms with van der Waals surface area (Å²) in [6.07, 6.45) is 3.46. The van der Waals surface area contributed by atoms with E-state index in [9.17, 15) is 14.4 Å². The predicted octanol–water partition coefficient (Wildman–Crippen LogP) is 2.00. The van der Waals surface area contributed by atoms with E-state index in [1.54, 1.807) is 4.90 Å². The van der Waals surface area contributed by atoms with Gasteiger partial charge in [-0.2, -0.15) is 0 Å². The van der Waals surface area contributed by atoms with Crippen molar-refractivity contribution in [3.05, 3.63) is 0 Å². The van der Waals surface area contributed by atoms with Gasteiger partial charge in [0.1, 0.15) is 11.1 Å². The van der Waals surface area contributed by atoms with Crippen LogP contribution in [0, 0.1) is 5.92 Å². The van der Waals surface area contributed by atoms with E-state index >= 15 is 0 Å². The Kier molecular flexibility index (Phi) is 5.38. The summed E-state index contributed by atoms with van der Waals surface area (Å²) in [5.41, 5.74) is -1.23. The summed E-state index contributed by atoms with van der Waals surface area (Å²) in [6, 6.07) is -0.289. The Morgan fingerprint density at radius 2 is 1.85 bits per heavy atom. The van der Waals surface area contributed by atoms with Crippen molar-refractivity contribution in [1.82, 2.24) is 20.0 Å². The summed E-state index contributed by atoms with van der Waals surface area (Å²) in [5.74, 6) is 0.0750. The number of piperazine rings is 1. The van der Waals surface area contributed by atoms with Gasteiger partial charge in [0.15, 0.2) is 0 Å². The molecule has 2 atom stereocenters. The quantitative estimate of drug-likeness (QED) is 0.741. The van der Waals surface area contributed by atoms with Crippen LogP contribution in [-0.4, -0.2) is 76.7 Å². The highest BCUT2D eigenvalue weighted by atomic mass is 16.6. The number of ether oxygens (including phenoxy) is 1. The maximum atomic E-state index is 13.0. The Hall–Kier alpha value is -1.83. The van der Waals surface area contributed by atoms with Crippen molar-refractivity contribution in [3.8, 4) is 0 Å². The number of nitrogens with zero attached hydrogens (tertiary/aromatic N) is 3. The first-order valence-electron chi connectivity index (χ1n) is 9.97. The van der Waals surface area contributed by atoms with Gasteiger partial charge in [0.05, 0.1) is 6.67 Å². The molecule has 2 saturated heterocycles. The highest BCUT2D eigenvalue weighted by Gasteiger charge is 2.55. The molecular formula is C19H32N4O4. The van der Waals surface area contributed by atoms with Crippen molar-refractivity contribution in [2.24, 2.45) is 5.92 Å². The molecule has 4 amide bonds. The van der Waals surface area contributed by atoms with Gasteiger partial charge >= 0.3 is 12.1 Å². The third-order valence-electron chi connectivity index (χ3n) is 5.87. The average molecular weight is 380 g/mol. The molecule has 1 saturated carbocycles. The summed E-state index contributed by atoms with van der Waals surface area (Å²) in [6.45, 7) is 10.2. The standard InChI is InChI=1S/C19H32N4O4/c1-14-7-5-6-8-19(14)15(24)23(16(25)20-19)13-21-9-11-22(12-10-21)17(26)27-18(2,3)4/h14H,5-13H2,1-4H3,(H,20,25). The van der Waals surface area contributed by atoms with Crippen LogP contribution in [0.15, 0.2) is 0 Å². The van der Waals surface area contributed by atoms with E-state index in [2.05, 4.69) is 12.2 Å². The van der Waals surface area contributed by atoms with Crippen LogP contribution in [0.4, 0.5) is 9.59 Å². The summed E-state index contributed by atoms with van der Waals surface area (Å²) in [7, 11) is 0. The summed E-state index contributed by atoms with van der Waals surface area (Å²) < 4.78 is 5.41. The number of carbonyl (C=O) groups excluding carboxylic acids is 3. The zero-order valence-corrected chi connectivity index (χ0v) is 16.9. The number of amides is 4. The topological polar surface area (TPSA) is 82.2 Å². The van der Waals surface area contributed by atoms with Gasteiger partial charge in [-0.25, -0.2) is 14.5 Å². The molecule has 3 rings (SSSR count). The fourth-order valence-electron chi connectivity index (χ4n) is 4.22. The Bertz CT molecular complexity index is 609. The minimum Gasteiger partial charge on any atom is -0.444 e. The van der Waals surface area contributed by atoms with Gasteiger partial charge in [0.25, 0.3) is 5.91 Å². The third kappa shape index (κ3) is 4.05. The van der Waals surface area contributed by atoms with E-state index in [1.165, 1.54) is 4.90 Å². The molecule has 0 aromatic heterocycles. The fraction of sp³-hybridized carbons (Fsp3) is 0.842. The maximum Gasteiger partial charge on any atom is 0.410 e. The number of hydrogen-bond acceptors (Lipinski definition) is 5. The molecule has 3 fully saturated rings. The molecule has 8 nitrogen and oxygen atoms in total. The molecular weight excluding hydrogens is 348 g/mol. The predicted molar refractivity (Wildman–Crippen MR) is 100.0 cm³/mol. The smallest absolute Gasteiger partial charge is 0.410 e. The molecule has 2 aliphatic heterocycles. The number of hydrogen-bond donors (Lipinski definition) is 1. The molecule has 2 heterocycles. The van der Waals surface area contributed by atoms with E-state index in [0.29, 0.717) is 26.2 Å². The molecule has 1 aliphatic carbocycles. The molecule has 2 unspecified atom stereocenters. The van der Waals surface area contributed by atoms with Gasteiger partial charge in [0, 0.05) is 26.2 Å². The Balaban J connectivity index is 1.55. The van der Waals surface area contributed by atoms with E-state index in [4.69, 9.17) is 4.74 Å². The molecule has 8 heteroatoms. The zero-order chi connectivity index (χ0) is 19.8. The highest BCUT2D eigenvalue weighted by Crippen LogP contribution is 2.38. The number of nitrogens with one attached hydrogen (secondary N) is 1. The molecule has 0 aromatic rings. The number of urea groups is 1. The van der Waals surface area contributed by atoms with Gasteiger partial charge < -0.3 is 15.0 Å². The number of imide groups is 1. The molecule has 0 radical (unpaired) electrons. The first-order valence-corrected chi connectivity index (χ1v) is 9.97. The average Bonchev–Trinajstić information content (AvgIpc) is 2.82. The van der Waals surface area contributed by atoms with E-state index < -0.39 is 11.1 Å². The van der Waals surface area contributed by atoms with Gasteiger partial charge in [0.2, 0.25) is 0 Å². The third-order valence-corrected chi connectivity index (χ3v) is 5.87. The van der Waals surface area contributed by atoms with E-state index in [1.807, 2.05) is 25.7 Å². The van der Waals surface area contributed by atoms with Gasteiger partial charge in [-0.3, -0.25) is 9.69 Å². The molecule has 1 N–H and O–H groups in total. The first kappa shape index (κ1) is 19.9. The maximum absolute atomic E-state index is 13.0. The van der Waals surface area contributed by atoms with Gasteiger partial charge in [-0.1, -0.05) is 19.8 Å². The number of carbonyl (C=O) groups is 3. The second-order valence-electron chi connectivity index (χ2n) is 9.01. The molecule has 1 spiro atoms. The normalized spacial score (nSPS) is 30.0. The summed E-state index contributed by atoms with van der Waals surface area (Å²) >= 11 is 0. The number of rotatable bonds is 2. The Morgan fingerprint density at radius 1 is 1.19 bits per heavy atom. The Morgan fingerprint density at radius 3 is 2.44 bits per heavy atom. The molecule has 152 valence electrons.